The molecule has 3 rings (SSSR count). The molecule has 2 aromatic rings. The van der Waals surface area contributed by atoms with Crippen LogP contribution in [-0.2, 0) is 9.59 Å². The number of carbonyl (C=O) groups excluding carboxylic acids is 3. The van der Waals surface area contributed by atoms with Crippen molar-refractivity contribution in [3.63, 3.8) is 0 Å². The Balaban J connectivity index is 1.53. The molecule has 2 aromatic carbocycles. The number of rotatable bonds is 3. The molecule has 25 heavy (non-hydrogen) atoms. The summed E-state index contributed by atoms with van der Waals surface area (Å²) in [6, 6.07) is 12.2. The highest BCUT2D eigenvalue weighted by molar-refractivity contribution is 8.01. The van der Waals surface area contributed by atoms with Crippen LogP contribution >= 0.6 is 11.8 Å². The van der Waals surface area contributed by atoms with Crippen LogP contribution in [0.2, 0.25) is 0 Å². The number of hydrogen-bond donors (Lipinski definition) is 3. The summed E-state index contributed by atoms with van der Waals surface area (Å²) in [4.78, 5) is 36.8. The first-order chi connectivity index (χ1) is 12.0. The summed E-state index contributed by atoms with van der Waals surface area (Å²) >= 11 is 1.30. The Bertz CT molecular complexity index is 826. The standard InChI is InChI=1S/C17H14FN3O3S/c18-11-7-5-10(6-8-11)16(23)21-20-15(22)9-14-17(24)19-12-3-1-2-4-13(12)25-14/h1-8,14H,9H2,(H,19,24)(H,20,22)(H,21,23)/t14-/m0/s1. The van der Waals surface area contributed by atoms with Crippen LogP contribution in [0.4, 0.5) is 10.1 Å². The van der Waals surface area contributed by atoms with E-state index in [1.807, 2.05) is 18.2 Å². The molecule has 1 aliphatic heterocycles. The second-order valence-electron chi connectivity index (χ2n) is 5.31. The molecule has 1 heterocycles. The van der Waals surface area contributed by atoms with Crippen molar-refractivity contribution >= 4 is 35.2 Å². The van der Waals surface area contributed by atoms with E-state index in [9.17, 15) is 18.8 Å². The molecule has 0 fully saturated rings. The Morgan fingerprint density at radius 3 is 2.56 bits per heavy atom. The molecule has 0 saturated heterocycles. The van der Waals surface area contributed by atoms with Crippen LogP contribution in [0.3, 0.4) is 0 Å². The fourth-order valence-corrected chi connectivity index (χ4v) is 3.36. The molecule has 0 unspecified atom stereocenters. The number of benzene rings is 2. The van der Waals surface area contributed by atoms with Gasteiger partial charge in [0.2, 0.25) is 11.8 Å². The van der Waals surface area contributed by atoms with E-state index in [-0.39, 0.29) is 17.9 Å². The minimum atomic E-state index is -0.586. The highest BCUT2D eigenvalue weighted by atomic mass is 32.2. The Morgan fingerprint density at radius 2 is 1.80 bits per heavy atom. The van der Waals surface area contributed by atoms with Gasteiger partial charge in [-0.15, -0.1) is 11.8 Å². The lowest BCUT2D eigenvalue weighted by molar-refractivity contribution is -0.124. The third-order valence-corrected chi connectivity index (χ3v) is 4.77. The summed E-state index contributed by atoms with van der Waals surface area (Å²) in [5.41, 5.74) is 5.43. The number of hydrogen-bond acceptors (Lipinski definition) is 4. The van der Waals surface area contributed by atoms with Crippen LogP contribution in [0, 0.1) is 5.82 Å². The molecular weight excluding hydrogens is 345 g/mol. The lowest BCUT2D eigenvalue weighted by Crippen LogP contribution is -2.44. The van der Waals surface area contributed by atoms with Gasteiger partial charge in [-0.3, -0.25) is 25.2 Å². The zero-order chi connectivity index (χ0) is 17.8. The monoisotopic (exact) mass is 359 g/mol. The summed E-state index contributed by atoms with van der Waals surface area (Å²) in [6.45, 7) is 0. The number of para-hydroxylation sites is 1. The van der Waals surface area contributed by atoms with Gasteiger partial charge in [0.1, 0.15) is 5.82 Å². The number of halogens is 1. The second-order valence-corrected chi connectivity index (χ2v) is 6.55. The average molecular weight is 359 g/mol. The molecule has 3 amide bonds. The highest BCUT2D eigenvalue weighted by Gasteiger charge is 2.28. The summed E-state index contributed by atoms with van der Waals surface area (Å²) in [7, 11) is 0. The molecule has 128 valence electrons. The second kappa shape index (κ2) is 7.35. The molecule has 0 aromatic heterocycles. The van der Waals surface area contributed by atoms with Crippen molar-refractivity contribution < 1.29 is 18.8 Å². The van der Waals surface area contributed by atoms with Crippen molar-refractivity contribution in [1.29, 1.82) is 0 Å². The number of hydrazine groups is 1. The molecular formula is C17H14FN3O3S. The third kappa shape index (κ3) is 4.16. The van der Waals surface area contributed by atoms with Gasteiger partial charge in [-0.05, 0) is 36.4 Å². The predicted molar refractivity (Wildman–Crippen MR) is 91.3 cm³/mol. The number of amides is 3. The molecule has 0 spiro atoms. The Morgan fingerprint density at radius 1 is 1.08 bits per heavy atom. The number of thioether (sulfide) groups is 1. The maximum Gasteiger partial charge on any atom is 0.269 e. The Labute approximate surface area is 147 Å². The summed E-state index contributed by atoms with van der Waals surface area (Å²) in [5.74, 6) is -1.79. The minimum absolute atomic E-state index is 0.0888. The van der Waals surface area contributed by atoms with Crippen molar-refractivity contribution in [2.24, 2.45) is 0 Å². The lowest BCUT2D eigenvalue weighted by atomic mass is 10.2. The lowest BCUT2D eigenvalue weighted by Gasteiger charge is -2.23. The van der Waals surface area contributed by atoms with Crippen LogP contribution in [0.5, 0.6) is 0 Å². The number of fused-ring (bicyclic) bond motifs is 1. The zero-order valence-electron chi connectivity index (χ0n) is 12.9. The summed E-state index contributed by atoms with van der Waals surface area (Å²) < 4.78 is 12.8. The molecule has 1 aliphatic rings. The topological polar surface area (TPSA) is 87.3 Å². The smallest absolute Gasteiger partial charge is 0.269 e. The summed E-state index contributed by atoms with van der Waals surface area (Å²) in [6.07, 6.45) is -0.0888. The zero-order valence-corrected chi connectivity index (χ0v) is 13.7. The molecule has 0 bridgehead atoms. The first-order valence-electron chi connectivity index (χ1n) is 7.44. The van der Waals surface area contributed by atoms with Crippen LogP contribution in [-0.4, -0.2) is 23.0 Å². The van der Waals surface area contributed by atoms with Gasteiger partial charge < -0.3 is 5.32 Å². The van der Waals surface area contributed by atoms with E-state index in [0.717, 1.165) is 22.7 Å². The normalized spacial score (nSPS) is 15.7. The van der Waals surface area contributed by atoms with E-state index in [2.05, 4.69) is 16.2 Å². The maximum absolute atomic E-state index is 12.8. The van der Waals surface area contributed by atoms with E-state index in [1.165, 1.54) is 23.9 Å². The van der Waals surface area contributed by atoms with Gasteiger partial charge in [0, 0.05) is 16.9 Å². The summed E-state index contributed by atoms with van der Waals surface area (Å²) in [5, 5.41) is 2.16. The van der Waals surface area contributed by atoms with E-state index in [4.69, 9.17) is 0 Å². The van der Waals surface area contributed by atoms with E-state index < -0.39 is 22.9 Å². The fourth-order valence-electron chi connectivity index (χ4n) is 2.25. The van der Waals surface area contributed by atoms with Crippen LogP contribution < -0.4 is 16.2 Å². The molecule has 3 N–H and O–H groups in total. The van der Waals surface area contributed by atoms with Crippen molar-refractivity contribution in [2.75, 3.05) is 5.32 Å². The molecule has 6 nitrogen and oxygen atoms in total. The van der Waals surface area contributed by atoms with Gasteiger partial charge in [-0.2, -0.15) is 0 Å². The molecule has 1 atom stereocenters. The van der Waals surface area contributed by atoms with Crippen LogP contribution in [0.1, 0.15) is 16.8 Å². The van der Waals surface area contributed by atoms with Gasteiger partial charge in [0.05, 0.1) is 10.9 Å². The number of anilines is 1. The van der Waals surface area contributed by atoms with Crippen LogP contribution in [0.25, 0.3) is 0 Å². The van der Waals surface area contributed by atoms with Crippen molar-refractivity contribution in [3.05, 3.63) is 59.9 Å². The molecule has 0 saturated carbocycles. The first-order valence-corrected chi connectivity index (χ1v) is 8.32. The van der Waals surface area contributed by atoms with Gasteiger partial charge in [0.15, 0.2) is 0 Å². The quantitative estimate of drug-likeness (QED) is 0.733. The van der Waals surface area contributed by atoms with Crippen LogP contribution in [0.15, 0.2) is 53.4 Å². The third-order valence-electron chi connectivity index (χ3n) is 3.50. The Hall–Kier alpha value is -2.87. The Kier molecular flexibility index (Phi) is 4.99. The maximum atomic E-state index is 12.8. The molecule has 8 heteroatoms. The van der Waals surface area contributed by atoms with E-state index in [1.54, 1.807) is 6.07 Å². The number of nitrogens with one attached hydrogen (secondary N) is 3. The van der Waals surface area contributed by atoms with Gasteiger partial charge in [0.25, 0.3) is 5.91 Å². The van der Waals surface area contributed by atoms with Crippen molar-refractivity contribution in [1.82, 2.24) is 10.9 Å². The largest absolute Gasteiger partial charge is 0.324 e. The highest BCUT2D eigenvalue weighted by Crippen LogP contribution is 2.36. The van der Waals surface area contributed by atoms with Gasteiger partial charge in [-0.25, -0.2) is 4.39 Å². The van der Waals surface area contributed by atoms with Gasteiger partial charge >= 0.3 is 0 Å². The van der Waals surface area contributed by atoms with E-state index in [0.29, 0.717) is 0 Å². The van der Waals surface area contributed by atoms with Crippen molar-refractivity contribution in [2.45, 2.75) is 16.6 Å². The van der Waals surface area contributed by atoms with Crippen molar-refractivity contribution in [3.8, 4) is 0 Å². The fraction of sp³-hybridized carbons (Fsp3) is 0.118. The first kappa shape index (κ1) is 17.0. The SMILES string of the molecule is O=C(C[C@@H]1Sc2ccccc2NC1=O)NNC(=O)c1ccc(F)cc1. The molecule has 0 radical (unpaired) electrons. The van der Waals surface area contributed by atoms with E-state index >= 15 is 0 Å². The minimum Gasteiger partial charge on any atom is -0.324 e. The average Bonchev–Trinajstić information content (AvgIpc) is 2.61. The number of carbonyl (C=O) groups is 3. The predicted octanol–water partition coefficient (Wildman–Crippen LogP) is 2.09. The molecule has 0 aliphatic carbocycles. The van der Waals surface area contributed by atoms with Gasteiger partial charge in [-0.1, -0.05) is 12.1 Å².